The first-order valence-electron chi connectivity index (χ1n) is 6.08. The smallest absolute Gasteiger partial charge is 0.259 e. The van der Waals surface area contributed by atoms with Crippen LogP contribution in [0.15, 0.2) is 30.3 Å². The van der Waals surface area contributed by atoms with Gasteiger partial charge in [0.1, 0.15) is 11.5 Å². The molecule has 2 aromatic rings. The van der Waals surface area contributed by atoms with Crippen molar-refractivity contribution in [3.63, 3.8) is 0 Å². The van der Waals surface area contributed by atoms with Gasteiger partial charge in [0.05, 0.1) is 16.9 Å². The molecule has 0 bridgehead atoms. The maximum atomic E-state index is 12.1. The van der Waals surface area contributed by atoms with Gasteiger partial charge in [-0.25, -0.2) is 0 Å². The topological polar surface area (TPSA) is 95.6 Å². The van der Waals surface area contributed by atoms with Crippen LogP contribution >= 0.6 is 0 Å². The lowest BCUT2D eigenvalue weighted by molar-refractivity contribution is 0.102. The summed E-state index contributed by atoms with van der Waals surface area (Å²) in [5.41, 5.74) is 8.92. The van der Waals surface area contributed by atoms with Gasteiger partial charge in [0.2, 0.25) is 0 Å². The highest BCUT2D eigenvalue weighted by molar-refractivity contribution is 6.07. The van der Waals surface area contributed by atoms with Gasteiger partial charge in [-0.3, -0.25) is 4.79 Å². The second kappa shape index (κ2) is 5.13. The molecule has 0 saturated carbocycles. The van der Waals surface area contributed by atoms with E-state index in [1.807, 2.05) is 13.8 Å². The molecule has 0 aliphatic rings. The maximum Gasteiger partial charge on any atom is 0.259 e. The molecule has 0 fully saturated rings. The van der Waals surface area contributed by atoms with Crippen molar-refractivity contribution in [2.75, 3.05) is 11.1 Å². The zero-order valence-electron chi connectivity index (χ0n) is 11.3. The number of nitrogens with two attached hydrogens (primary N) is 1. The average Bonchev–Trinajstić information content (AvgIpc) is 2.35. The number of nitrogen functional groups attached to an aromatic ring is 1. The van der Waals surface area contributed by atoms with E-state index in [9.17, 15) is 15.0 Å². The van der Waals surface area contributed by atoms with Gasteiger partial charge in [-0.05, 0) is 49.2 Å². The van der Waals surface area contributed by atoms with E-state index in [1.165, 1.54) is 12.1 Å². The predicted molar refractivity (Wildman–Crippen MR) is 78.1 cm³/mol. The SMILES string of the molecule is Cc1cc(N)c(NC(=O)c2ccc(O)cc2O)cc1C. The number of rotatable bonds is 2. The van der Waals surface area contributed by atoms with E-state index in [2.05, 4.69) is 5.32 Å². The van der Waals surface area contributed by atoms with Gasteiger partial charge in [0.15, 0.2) is 0 Å². The largest absolute Gasteiger partial charge is 0.508 e. The van der Waals surface area contributed by atoms with Crippen molar-refractivity contribution in [3.05, 3.63) is 47.0 Å². The number of carbonyl (C=O) groups excluding carboxylic acids is 1. The lowest BCUT2D eigenvalue weighted by atomic mass is 10.1. The Labute approximate surface area is 116 Å². The second-order valence-electron chi connectivity index (χ2n) is 4.68. The van der Waals surface area contributed by atoms with Crippen LogP contribution in [0.4, 0.5) is 11.4 Å². The van der Waals surface area contributed by atoms with Gasteiger partial charge in [-0.15, -0.1) is 0 Å². The number of phenolic OH excluding ortho intramolecular Hbond substituents is 2. The molecule has 0 heterocycles. The number of hydrogen-bond acceptors (Lipinski definition) is 4. The fourth-order valence-electron chi connectivity index (χ4n) is 1.85. The molecule has 2 rings (SSSR count). The number of nitrogens with one attached hydrogen (secondary N) is 1. The Balaban J connectivity index is 2.30. The van der Waals surface area contributed by atoms with Crippen LogP contribution in [-0.2, 0) is 0 Å². The molecule has 5 heteroatoms. The molecule has 2 aromatic carbocycles. The summed E-state index contributed by atoms with van der Waals surface area (Å²) in [5.74, 6) is -0.882. The Bertz CT molecular complexity index is 681. The van der Waals surface area contributed by atoms with Gasteiger partial charge in [-0.1, -0.05) is 0 Å². The summed E-state index contributed by atoms with van der Waals surface area (Å²) in [6.07, 6.45) is 0. The molecule has 0 unspecified atom stereocenters. The van der Waals surface area contributed by atoms with Crippen LogP contribution in [0.5, 0.6) is 11.5 Å². The molecule has 104 valence electrons. The zero-order chi connectivity index (χ0) is 14.9. The van der Waals surface area contributed by atoms with Crippen molar-refractivity contribution >= 4 is 17.3 Å². The average molecular weight is 272 g/mol. The molecule has 0 radical (unpaired) electrons. The van der Waals surface area contributed by atoms with Gasteiger partial charge in [0, 0.05) is 6.07 Å². The van der Waals surface area contributed by atoms with E-state index in [1.54, 1.807) is 12.1 Å². The van der Waals surface area contributed by atoms with E-state index in [0.717, 1.165) is 17.2 Å². The molecule has 0 saturated heterocycles. The van der Waals surface area contributed by atoms with Crippen molar-refractivity contribution < 1.29 is 15.0 Å². The highest BCUT2D eigenvalue weighted by Crippen LogP contribution is 2.26. The zero-order valence-corrected chi connectivity index (χ0v) is 11.3. The first-order chi connectivity index (χ1) is 9.38. The van der Waals surface area contributed by atoms with Crippen LogP contribution in [0.3, 0.4) is 0 Å². The Kier molecular flexibility index (Phi) is 3.52. The molecule has 5 N–H and O–H groups in total. The van der Waals surface area contributed by atoms with Crippen LogP contribution in [0.2, 0.25) is 0 Å². The first-order valence-corrected chi connectivity index (χ1v) is 6.08. The van der Waals surface area contributed by atoms with Crippen molar-refractivity contribution in [2.24, 2.45) is 0 Å². The van der Waals surface area contributed by atoms with Gasteiger partial charge in [0.25, 0.3) is 5.91 Å². The minimum atomic E-state index is -0.488. The number of anilines is 2. The van der Waals surface area contributed by atoms with Crippen LogP contribution in [-0.4, -0.2) is 16.1 Å². The summed E-state index contributed by atoms with van der Waals surface area (Å²) in [6, 6.07) is 7.34. The van der Waals surface area contributed by atoms with Crippen LogP contribution in [0.25, 0.3) is 0 Å². The van der Waals surface area contributed by atoms with Crippen molar-refractivity contribution in [3.8, 4) is 11.5 Å². The van der Waals surface area contributed by atoms with Crippen molar-refractivity contribution in [2.45, 2.75) is 13.8 Å². The molecule has 0 spiro atoms. The third-order valence-corrected chi connectivity index (χ3v) is 3.14. The maximum absolute atomic E-state index is 12.1. The van der Waals surface area contributed by atoms with E-state index in [4.69, 9.17) is 5.73 Å². The summed E-state index contributed by atoms with van der Waals surface area (Å²) < 4.78 is 0. The van der Waals surface area contributed by atoms with E-state index in [-0.39, 0.29) is 17.1 Å². The normalized spacial score (nSPS) is 10.3. The standard InChI is InChI=1S/C15H16N2O3/c1-8-5-12(16)13(6-9(8)2)17-15(20)11-4-3-10(18)7-14(11)19/h3-7,18-19H,16H2,1-2H3,(H,17,20). The second-order valence-corrected chi connectivity index (χ2v) is 4.68. The number of benzene rings is 2. The number of hydrogen-bond donors (Lipinski definition) is 4. The molecule has 0 aliphatic heterocycles. The fourth-order valence-corrected chi connectivity index (χ4v) is 1.85. The van der Waals surface area contributed by atoms with E-state index < -0.39 is 5.91 Å². The number of aromatic hydroxyl groups is 2. The highest BCUT2D eigenvalue weighted by Gasteiger charge is 2.13. The number of phenols is 2. The summed E-state index contributed by atoms with van der Waals surface area (Å²) >= 11 is 0. The van der Waals surface area contributed by atoms with E-state index in [0.29, 0.717) is 11.4 Å². The summed E-state index contributed by atoms with van der Waals surface area (Å²) in [5, 5.41) is 21.5. The van der Waals surface area contributed by atoms with Crippen LogP contribution < -0.4 is 11.1 Å². The lowest BCUT2D eigenvalue weighted by Gasteiger charge is -2.12. The Morgan fingerprint density at radius 1 is 1.10 bits per heavy atom. The molecular weight excluding hydrogens is 256 g/mol. The van der Waals surface area contributed by atoms with Gasteiger partial charge >= 0.3 is 0 Å². The highest BCUT2D eigenvalue weighted by atomic mass is 16.3. The monoisotopic (exact) mass is 272 g/mol. The van der Waals surface area contributed by atoms with Gasteiger partial charge in [-0.2, -0.15) is 0 Å². The Hall–Kier alpha value is -2.69. The summed E-state index contributed by atoms with van der Waals surface area (Å²) in [4.78, 5) is 12.1. The van der Waals surface area contributed by atoms with Crippen molar-refractivity contribution in [1.82, 2.24) is 0 Å². The Morgan fingerprint density at radius 3 is 2.40 bits per heavy atom. The summed E-state index contributed by atoms with van der Waals surface area (Å²) in [7, 11) is 0. The van der Waals surface area contributed by atoms with Gasteiger partial charge < -0.3 is 21.3 Å². The first kappa shape index (κ1) is 13.7. The minimum absolute atomic E-state index is 0.0698. The molecule has 0 aromatic heterocycles. The van der Waals surface area contributed by atoms with Crippen LogP contribution in [0, 0.1) is 13.8 Å². The van der Waals surface area contributed by atoms with E-state index >= 15 is 0 Å². The number of carbonyl (C=O) groups is 1. The molecule has 0 aliphatic carbocycles. The number of aryl methyl sites for hydroxylation is 2. The summed E-state index contributed by atoms with van der Waals surface area (Å²) in [6.45, 7) is 3.85. The quantitative estimate of drug-likeness (QED) is 0.632. The minimum Gasteiger partial charge on any atom is -0.508 e. The Morgan fingerprint density at radius 2 is 1.75 bits per heavy atom. The lowest BCUT2D eigenvalue weighted by Crippen LogP contribution is -2.13. The molecule has 0 atom stereocenters. The third kappa shape index (κ3) is 2.66. The molecular formula is C15H16N2O3. The van der Waals surface area contributed by atoms with Crippen LogP contribution in [0.1, 0.15) is 21.5 Å². The third-order valence-electron chi connectivity index (χ3n) is 3.14. The molecule has 5 nitrogen and oxygen atoms in total. The molecule has 20 heavy (non-hydrogen) atoms. The number of amides is 1. The van der Waals surface area contributed by atoms with Crippen molar-refractivity contribution in [1.29, 1.82) is 0 Å². The molecule has 1 amide bonds. The fraction of sp³-hybridized carbons (Fsp3) is 0.133. The predicted octanol–water partition coefficient (Wildman–Crippen LogP) is 2.55.